The molecule has 1 aromatic rings. The molecule has 1 atom stereocenters. The zero-order valence-corrected chi connectivity index (χ0v) is 10.6. The minimum absolute atomic E-state index is 0.121. The second-order valence-electron chi connectivity index (χ2n) is 5.23. The SMILES string of the molecule is COc1ccccc1C(CC(C)(C)C)NN. The van der Waals surface area contributed by atoms with Crippen molar-refractivity contribution in [3.05, 3.63) is 29.8 Å². The summed E-state index contributed by atoms with van der Waals surface area (Å²) in [5.41, 5.74) is 4.20. The number of para-hydroxylation sites is 1. The molecule has 0 aliphatic heterocycles. The second kappa shape index (κ2) is 5.32. The van der Waals surface area contributed by atoms with E-state index in [9.17, 15) is 0 Å². The average molecular weight is 222 g/mol. The molecule has 0 bridgehead atoms. The minimum Gasteiger partial charge on any atom is -0.496 e. The Labute approximate surface area is 98.0 Å². The van der Waals surface area contributed by atoms with E-state index < -0.39 is 0 Å². The highest BCUT2D eigenvalue weighted by Crippen LogP contribution is 2.33. The van der Waals surface area contributed by atoms with Gasteiger partial charge in [0.2, 0.25) is 0 Å². The monoisotopic (exact) mass is 222 g/mol. The number of methoxy groups -OCH3 is 1. The van der Waals surface area contributed by atoms with Gasteiger partial charge in [-0.3, -0.25) is 11.3 Å². The lowest BCUT2D eigenvalue weighted by atomic mass is 9.85. The Balaban J connectivity index is 2.94. The molecule has 3 nitrogen and oxygen atoms in total. The van der Waals surface area contributed by atoms with Gasteiger partial charge in [-0.05, 0) is 17.9 Å². The summed E-state index contributed by atoms with van der Waals surface area (Å²) in [5, 5.41) is 0. The van der Waals surface area contributed by atoms with E-state index in [4.69, 9.17) is 10.6 Å². The van der Waals surface area contributed by atoms with Gasteiger partial charge in [0.1, 0.15) is 5.75 Å². The molecule has 1 rings (SSSR count). The first kappa shape index (κ1) is 13.0. The molecular weight excluding hydrogens is 200 g/mol. The normalized spacial score (nSPS) is 13.6. The Morgan fingerprint density at radius 2 is 1.94 bits per heavy atom. The van der Waals surface area contributed by atoms with Crippen molar-refractivity contribution >= 4 is 0 Å². The van der Waals surface area contributed by atoms with Crippen molar-refractivity contribution in [3.8, 4) is 5.75 Å². The largest absolute Gasteiger partial charge is 0.496 e. The number of nitrogens with two attached hydrogens (primary N) is 1. The van der Waals surface area contributed by atoms with Crippen molar-refractivity contribution in [3.63, 3.8) is 0 Å². The minimum atomic E-state index is 0.121. The average Bonchev–Trinajstić information content (AvgIpc) is 2.24. The Hall–Kier alpha value is -1.06. The van der Waals surface area contributed by atoms with Gasteiger partial charge < -0.3 is 4.74 Å². The van der Waals surface area contributed by atoms with E-state index in [1.165, 1.54) is 0 Å². The first-order valence-electron chi connectivity index (χ1n) is 5.57. The predicted molar refractivity (Wildman–Crippen MR) is 67.1 cm³/mol. The van der Waals surface area contributed by atoms with Gasteiger partial charge in [0.25, 0.3) is 0 Å². The number of benzene rings is 1. The van der Waals surface area contributed by atoms with Crippen molar-refractivity contribution < 1.29 is 4.74 Å². The van der Waals surface area contributed by atoms with E-state index in [0.717, 1.165) is 17.7 Å². The van der Waals surface area contributed by atoms with E-state index in [-0.39, 0.29) is 11.5 Å². The third-order valence-electron chi connectivity index (χ3n) is 2.53. The van der Waals surface area contributed by atoms with Crippen molar-refractivity contribution in [2.45, 2.75) is 33.2 Å². The summed E-state index contributed by atoms with van der Waals surface area (Å²) in [4.78, 5) is 0. The van der Waals surface area contributed by atoms with Crippen molar-refractivity contribution in [1.82, 2.24) is 5.43 Å². The molecule has 1 unspecified atom stereocenters. The van der Waals surface area contributed by atoms with Crippen LogP contribution in [0.3, 0.4) is 0 Å². The fourth-order valence-corrected chi connectivity index (χ4v) is 1.83. The Morgan fingerprint density at radius 1 is 1.31 bits per heavy atom. The molecule has 0 aromatic heterocycles. The second-order valence-corrected chi connectivity index (χ2v) is 5.23. The molecule has 0 amide bonds. The summed E-state index contributed by atoms with van der Waals surface area (Å²) >= 11 is 0. The van der Waals surface area contributed by atoms with Crippen LogP contribution in [0.5, 0.6) is 5.75 Å². The number of hydrazine groups is 1. The molecule has 0 fully saturated rings. The molecular formula is C13H22N2O. The van der Waals surface area contributed by atoms with E-state index in [1.807, 2.05) is 18.2 Å². The van der Waals surface area contributed by atoms with Gasteiger partial charge in [-0.2, -0.15) is 0 Å². The third-order valence-corrected chi connectivity index (χ3v) is 2.53. The Kier molecular flexibility index (Phi) is 4.33. The number of nitrogens with one attached hydrogen (secondary N) is 1. The van der Waals surface area contributed by atoms with Crippen LogP contribution in [0.4, 0.5) is 0 Å². The molecule has 3 N–H and O–H groups in total. The topological polar surface area (TPSA) is 47.3 Å². The summed E-state index contributed by atoms with van der Waals surface area (Å²) in [6.45, 7) is 6.60. The molecule has 0 aliphatic carbocycles. The van der Waals surface area contributed by atoms with Gasteiger partial charge >= 0.3 is 0 Å². The quantitative estimate of drug-likeness (QED) is 0.608. The molecule has 3 heteroatoms. The van der Waals surface area contributed by atoms with Crippen LogP contribution in [0.1, 0.15) is 38.8 Å². The van der Waals surface area contributed by atoms with Crippen LogP contribution in [0.15, 0.2) is 24.3 Å². The van der Waals surface area contributed by atoms with Crippen molar-refractivity contribution in [1.29, 1.82) is 0 Å². The zero-order valence-electron chi connectivity index (χ0n) is 10.6. The van der Waals surface area contributed by atoms with Crippen molar-refractivity contribution in [2.24, 2.45) is 11.3 Å². The van der Waals surface area contributed by atoms with Crippen LogP contribution in [0.25, 0.3) is 0 Å². The molecule has 90 valence electrons. The van der Waals surface area contributed by atoms with E-state index in [2.05, 4.69) is 32.3 Å². The van der Waals surface area contributed by atoms with Gasteiger partial charge in [0.15, 0.2) is 0 Å². The van der Waals surface area contributed by atoms with Gasteiger partial charge in [0, 0.05) is 5.56 Å². The third kappa shape index (κ3) is 3.51. The first-order valence-corrected chi connectivity index (χ1v) is 5.57. The summed E-state index contributed by atoms with van der Waals surface area (Å²) in [5.74, 6) is 6.51. The lowest BCUT2D eigenvalue weighted by molar-refractivity contribution is 0.306. The van der Waals surface area contributed by atoms with E-state index in [0.29, 0.717) is 0 Å². The molecule has 0 spiro atoms. The molecule has 16 heavy (non-hydrogen) atoms. The number of ether oxygens (including phenoxy) is 1. The maximum atomic E-state index is 5.63. The highest BCUT2D eigenvalue weighted by Gasteiger charge is 2.21. The van der Waals surface area contributed by atoms with Gasteiger partial charge in [-0.25, -0.2) is 0 Å². The summed E-state index contributed by atoms with van der Waals surface area (Å²) < 4.78 is 5.35. The molecule has 0 heterocycles. The van der Waals surface area contributed by atoms with Crippen LogP contribution < -0.4 is 16.0 Å². The number of hydrogen-bond donors (Lipinski definition) is 2. The van der Waals surface area contributed by atoms with Crippen LogP contribution >= 0.6 is 0 Å². The number of hydrogen-bond acceptors (Lipinski definition) is 3. The first-order chi connectivity index (χ1) is 7.48. The van der Waals surface area contributed by atoms with Gasteiger partial charge in [0.05, 0.1) is 13.2 Å². The van der Waals surface area contributed by atoms with Crippen LogP contribution in [0, 0.1) is 5.41 Å². The van der Waals surface area contributed by atoms with E-state index >= 15 is 0 Å². The van der Waals surface area contributed by atoms with Crippen LogP contribution in [-0.4, -0.2) is 7.11 Å². The van der Waals surface area contributed by atoms with Crippen LogP contribution in [-0.2, 0) is 0 Å². The number of rotatable bonds is 4. The highest BCUT2D eigenvalue weighted by atomic mass is 16.5. The molecule has 1 aromatic carbocycles. The molecule has 0 saturated heterocycles. The zero-order chi connectivity index (χ0) is 12.2. The Bertz CT molecular complexity index is 331. The lowest BCUT2D eigenvalue weighted by Crippen LogP contribution is -2.31. The van der Waals surface area contributed by atoms with Gasteiger partial charge in [-0.1, -0.05) is 39.0 Å². The Morgan fingerprint density at radius 3 is 2.44 bits per heavy atom. The summed E-state index contributed by atoms with van der Waals surface area (Å²) in [6, 6.07) is 8.10. The molecule has 0 saturated carbocycles. The molecule has 0 aliphatic rings. The standard InChI is InChI=1S/C13H22N2O/c1-13(2,3)9-11(15-14)10-7-5-6-8-12(10)16-4/h5-8,11,15H,9,14H2,1-4H3. The fraction of sp³-hybridized carbons (Fsp3) is 0.538. The fourth-order valence-electron chi connectivity index (χ4n) is 1.83. The molecule has 0 radical (unpaired) electrons. The van der Waals surface area contributed by atoms with Crippen LogP contribution in [0.2, 0.25) is 0 Å². The van der Waals surface area contributed by atoms with Gasteiger partial charge in [-0.15, -0.1) is 0 Å². The van der Waals surface area contributed by atoms with Crippen molar-refractivity contribution in [2.75, 3.05) is 7.11 Å². The summed E-state index contributed by atoms with van der Waals surface area (Å²) in [7, 11) is 1.68. The maximum Gasteiger partial charge on any atom is 0.123 e. The lowest BCUT2D eigenvalue weighted by Gasteiger charge is -2.26. The predicted octanol–water partition coefficient (Wildman–Crippen LogP) is 2.64. The summed E-state index contributed by atoms with van der Waals surface area (Å²) in [6.07, 6.45) is 0.962. The highest BCUT2D eigenvalue weighted by molar-refractivity contribution is 5.35. The maximum absolute atomic E-state index is 5.63. The smallest absolute Gasteiger partial charge is 0.123 e. The van der Waals surface area contributed by atoms with E-state index in [1.54, 1.807) is 7.11 Å².